The molecule has 0 unspecified atom stereocenters. The Kier molecular flexibility index (Phi) is 5.67. The zero-order valence-corrected chi connectivity index (χ0v) is 13.5. The number of ether oxygens (including phenoxy) is 1. The van der Waals surface area contributed by atoms with Gasteiger partial charge in [0, 0.05) is 43.0 Å². The first-order valence-electron chi connectivity index (χ1n) is 6.18. The van der Waals surface area contributed by atoms with Crippen LogP contribution in [0.5, 0.6) is 5.19 Å². The van der Waals surface area contributed by atoms with Crippen LogP contribution in [0.25, 0.3) is 0 Å². The average molecular weight is 345 g/mol. The van der Waals surface area contributed by atoms with Gasteiger partial charge in [-0.2, -0.15) is 9.36 Å². The Hall–Kier alpha value is -1.74. The summed E-state index contributed by atoms with van der Waals surface area (Å²) in [5, 5.41) is 0.415. The largest absolute Gasteiger partial charge is 0.464 e. The zero-order chi connectivity index (χ0) is 16.1. The molecule has 1 aromatic heterocycles. The molecule has 1 amide bonds. The van der Waals surface area contributed by atoms with Crippen LogP contribution in [0.1, 0.15) is 11.1 Å². The highest BCUT2D eigenvalue weighted by molar-refractivity contribution is 8.13. The fourth-order valence-corrected chi connectivity index (χ4v) is 2.65. The van der Waals surface area contributed by atoms with E-state index >= 15 is 0 Å². The van der Waals surface area contributed by atoms with Crippen LogP contribution in [0.3, 0.4) is 0 Å². The van der Waals surface area contributed by atoms with Crippen LogP contribution in [0.15, 0.2) is 23.4 Å². The minimum absolute atomic E-state index is 0.00816. The summed E-state index contributed by atoms with van der Waals surface area (Å²) in [4.78, 5) is 17.0. The van der Waals surface area contributed by atoms with E-state index in [4.69, 9.17) is 4.74 Å². The summed E-state index contributed by atoms with van der Waals surface area (Å²) in [6.45, 7) is -0.750. The maximum absolute atomic E-state index is 13.2. The molecule has 0 spiro atoms. The Labute approximate surface area is 134 Å². The van der Waals surface area contributed by atoms with Gasteiger partial charge < -0.3 is 9.64 Å². The SMILES string of the molecule is CN(C)C(=O)Sc1nsc(OCc2ccc(F)c(CF)c2)n1. The van der Waals surface area contributed by atoms with Gasteiger partial charge in [0.1, 0.15) is 19.1 Å². The number of aromatic nitrogens is 2. The van der Waals surface area contributed by atoms with E-state index in [2.05, 4.69) is 9.36 Å². The summed E-state index contributed by atoms with van der Waals surface area (Å²) >= 11 is 1.91. The Balaban J connectivity index is 1.95. The van der Waals surface area contributed by atoms with Crippen molar-refractivity contribution in [3.05, 3.63) is 35.1 Å². The van der Waals surface area contributed by atoms with E-state index in [0.29, 0.717) is 15.9 Å². The summed E-state index contributed by atoms with van der Waals surface area (Å²) in [7, 11) is 3.27. The van der Waals surface area contributed by atoms with E-state index in [1.165, 1.54) is 23.1 Å². The van der Waals surface area contributed by atoms with Gasteiger partial charge >= 0.3 is 0 Å². The van der Waals surface area contributed by atoms with E-state index in [1.54, 1.807) is 14.1 Å². The summed E-state index contributed by atoms with van der Waals surface area (Å²) in [5.41, 5.74) is 0.619. The molecule has 0 N–H and O–H groups in total. The first-order chi connectivity index (χ1) is 10.5. The van der Waals surface area contributed by atoms with Crippen LogP contribution < -0.4 is 4.74 Å². The quantitative estimate of drug-likeness (QED) is 0.777. The highest BCUT2D eigenvalue weighted by Crippen LogP contribution is 2.24. The van der Waals surface area contributed by atoms with Crippen molar-refractivity contribution in [2.45, 2.75) is 18.4 Å². The third kappa shape index (κ3) is 4.38. The van der Waals surface area contributed by atoms with Crippen molar-refractivity contribution in [1.29, 1.82) is 0 Å². The highest BCUT2D eigenvalue weighted by Gasteiger charge is 2.13. The zero-order valence-electron chi connectivity index (χ0n) is 11.9. The third-order valence-corrected chi connectivity index (χ3v) is 4.20. The number of hydrogen-bond acceptors (Lipinski definition) is 6. The van der Waals surface area contributed by atoms with E-state index in [-0.39, 0.29) is 17.4 Å². The first-order valence-corrected chi connectivity index (χ1v) is 7.77. The minimum atomic E-state index is -0.869. The second-order valence-corrected chi connectivity index (χ2v) is 6.09. The van der Waals surface area contributed by atoms with Crippen LogP contribution in [0, 0.1) is 5.82 Å². The van der Waals surface area contributed by atoms with Gasteiger partial charge in [0.25, 0.3) is 10.4 Å². The molecule has 22 heavy (non-hydrogen) atoms. The van der Waals surface area contributed by atoms with Gasteiger partial charge in [-0.25, -0.2) is 8.78 Å². The first kappa shape index (κ1) is 16.6. The molecule has 9 heteroatoms. The molecular formula is C13H13F2N3O2S2. The van der Waals surface area contributed by atoms with Crippen LogP contribution in [0.4, 0.5) is 13.6 Å². The molecular weight excluding hydrogens is 332 g/mol. The fourth-order valence-electron chi connectivity index (χ4n) is 1.43. The van der Waals surface area contributed by atoms with Crippen molar-refractivity contribution in [3.63, 3.8) is 0 Å². The number of rotatable bonds is 5. The number of carbonyl (C=O) groups excluding carboxylic acids is 1. The molecule has 0 aliphatic rings. The van der Waals surface area contributed by atoms with Crippen LogP contribution >= 0.6 is 23.3 Å². The Morgan fingerprint density at radius 2 is 2.23 bits per heavy atom. The molecule has 118 valence electrons. The van der Waals surface area contributed by atoms with E-state index in [9.17, 15) is 13.6 Å². The van der Waals surface area contributed by atoms with Gasteiger partial charge in [-0.3, -0.25) is 4.79 Å². The van der Waals surface area contributed by atoms with Gasteiger partial charge in [0.15, 0.2) is 0 Å². The number of thioether (sulfide) groups is 1. The normalized spacial score (nSPS) is 10.5. The monoisotopic (exact) mass is 345 g/mol. The Morgan fingerprint density at radius 1 is 1.45 bits per heavy atom. The average Bonchev–Trinajstić information content (AvgIpc) is 2.93. The minimum Gasteiger partial charge on any atom is -0.464 e. The molecule has 0 atom stereocenters. The number of carbonyl (C=O) groups is 1. The summed E-state index contributed by atoms with van der Waals surface area (Å²) in [5.74, 6) is -0.581. The molecule has 5 nitrogen and oxygen atoms in total. The molecule has 0 saturated carbocycles. The van der Waals surface area contributed by atoms with Gasteiger partial charge in [-0.05, 0) is 17.7 Å². The molecule has 1 aromatic carbocycles. The molecule has 1 heterocycles. The van der Waals surface area contributed by atoms with Crippen molar-refractivity contribution < 1.29 is 18.3 Å². The van der Waals surface area contributed by atoms with Gasteiger partial charge in [0.05, 0.1) is 0 Å². The number of hydrogen-bond donors (Lipinski definition) is 0. The van der Waals surface area contributed by atoms with E-state index in [1.807, 2.05) is 0 Å². The predicted octanol–water partition coefficient (Wildman–Crippen LogP) is 3.50. The standard InChI is InChI=1S/C13H13F2N3O2S2/c1-18(2)13(19)21-11-16-12(22-17-11)20-7-8-3-4-10(15)9(5-8)6-14/h3-5H,6-7H2,1-2H3. The lowest BCUT2D eigenvalue weighted by Gasteiger charge is -2.06. The molecule has 0 aliphatic carbocycles. The lowest BCUT2D eigenvalue weighted by atomic mass is 10.1. The third-order valence-electron chi connectivity index (χ3n) is 2.55. The Bertz CT molecular complexity index is 664. The van der Waals surface area contributed by atoms with Crippen molar-refractivity contribution in [1.82, 2.24) is 14.3 Å². The number of amides is 1. The number of benzene rings is 1. The molecule has 0 fully saturated rings. The van der Waals surface area contributed by atoms with Crippen molar-refractivity contribution in [2.75, 3.05) is 14.1 Å². The van der Waals surface area contributed by atoms with Crippen molar-refractivity contribution >= 4 is 28.5 Å². The smallest absolute Gasteiger partial charge is 0.294 e. The predicted molar refractivity (Wildman–Crippen MR) is 80.4 cm³/mol. The molecule has 0 bridgehead atoms. The van der Waals surface area contributed by atoms with Crippen LogP contribution in [0.2, 0.25) is 0 Å². The molecule has 2 aromatic rings. The maximum Gasteiger partial charge on any atom is 0.294 e. The summed E-state index contributed by atoms with van der Waals surface area (Å²) in [6.07, 6.45) is 0. The van der Waals surface area contributed by atoms with E-state index < -0.39 is 12.5 Å². The number of alkyl halides is 1. The fraction of sp³-hybridized carbons (Fsp3) is 0.308. The lowest BCUT2D eigenvalue weighted by Crippen LogP contribution is -2.16. The van der Waals surface area contributed by atoms with E-state index in [0.717, 1.165) is 23.3 Å². The molecule has 0 saturated heterocycles. The lowest BCUT2D eigenvalue weighted by molar-refractivity contribution is 0.241. The van der Waals surface area contributed by atoms with Gasteiger partial charge in [0.2, 0.25) is 5.16 Å². The summed E-state index contributed by atoms with van der Waals surface area (Å²) < 4.78 is 35.2. The summed E-state index contributed by atoms with van der Waals surface area (Å²) in [6, 6.07) is 4.12. The number of nitrogens with zero attached hydrogens (tertiary/aromatic N) is 3. The topological polar surface area (TPSA) is 55.3 Å². The van der Waals surface area contributed by atoms with Gasteiger partial charge in [-0.1, -0.05) is 6.07 Å². The second-order valence-electron chi connectivity index (χ2n) is 4.45. The van der Waals surface area contributed by atoms with Crippen molar-refractivity contribution in [3.8, 4) is 5.19 Å². The van der Waals surface area contributed by atoms with Crippen LogP contribution in [-0.4, -0.2) is 33.6 Å². The van der Waals surface area contributed by atoms with Gasteiger partial charge in [-0.15, -0.1) is 0 Å². The number of halogens is 2. The molecule has 2 rings (SSSR count). The van der Waals surface area contributed by atoms with Crippen molar-refractivity contribution in [2.24, 2.45) is 0 Å². The molecule has 0 radical (unpaired) electrons. The maximum atomic E-state index is 13.2. The highest BCUT2D eigenvalue weighted by atomic mass is 32.2. The second kappa shape index (κ2) is 7.50. The van der Waals surface area contributed by atoms with Crippen LogP contribution in [-0.2, 0) is 13.3 Å². The Morgan fingerprint density at radius 3 is 2.91 bits per heavy atom. The molecule has 0 aliphatic heterocycles.